The fraction of sp³-hybridized carbons (Fsp3) is 0.381. The van der Waals surface area contributed by atoms with Crippen LogP contribution in [-0.2, 0) is 22.4 Å². The Morgan fingerprint density at radius 1 is 1.47 bits per heavy atom. The van der Waals surface area contributed by atoms with Crippen molar-refractivity contribution in [3.8, 4) is 6.07 Å². The molecule has 2 amide bonds. The summed E-state index contributed by atoms with van der Waals surface area (Å²) in [4.78, 5) is 26.7. The van der Waals surface area contributed by atoms with Crippen LogP contribution in [0.25, 0.3) is 6.08 Å². The lowest BCUT2D eigenvalue weighted by molar-refractivity contribution is -0.111. The average molecular weight is 427 g/mol. The Hall–Kier alpha value is -3.09. The van der Waals surface area contributed by atoms with Crippen LogP contribution in [0.3, 0.4) is 0 Å². The highest BCUT2D eigenvalue weighted by Gasteiger charge is 2.31. The second-order valence-corrected chi connectivity index (χ2v) is 8.51. The van der Waals surface area contributed by atoms with Crippen LogP contribution < -0.4 is 5.32 Å². The van der Waals surface area contributed by atoms with Gasteiger partial charge in [-0.15, -0.1) is 11.3 Å². The summed E-state index contributed by atoms with van der Waals surface area (Å²) < 4.78 is 10.5. The lowest BCUT2D eigenvalue weighted by Crippen LogP contribution is -2.53. The van der Waals surface area contributed by atoms with Crippen molar-refractivity contribution in [1.29, 1.82) is 5.26 Å². The van der Waals surface area contributed by atoms with Crippen molar-refractivity contribution in [2.45, 2.75) is 25.4 Å². The van der Waals surface area contributed by atoms with E-state index in [0.717, 1.165) is 16.9 Å². The Balaban J connectivity index is 1.36. The van der Waals surface area contributed by atoms with E-state index in [1.165, 1.54) is 28.6 Å². The molecule has 0 aromatic carbocycles. The van der Waals surface area contributed by atoms with Gasteiger partial charge in [0.15, 0.2) is 0 Å². The van der Waals surface area contributed by atoms with Crippen molar-refractivity contribution in [3.63, 3.8) is 0 Å². The number of carbonyl (C=O) groups is 2. The van der Waals surface area contributed by atoms with Gasteiger partial charge in [-0.3, -0.25) is 4.79 Å². The first kappa shape index (κ1) is 20.2. The average Bonchev–Trinajstić information content (AvgIpc) is 3.34. The molecule has 1 saturated heterocycles. The third-order valence-corrected chi connectivity index (χ3v) is 6.39. The number of nitriles is 1. The Kier molecular flexibility index (Phi) is 5.88. The predicted octanol–water partition coefficient (Wildman–Crippen LogP) is 2.78. The molecule has 1 aliphatic heterocycles. The molecule has 9 heteroatoms. The Bertz CT molecular complexity index is 999. The van der Waals surface area contributed by atoms with Crippen LogP contribution in [0.1, 0.15) is 28.2 Å². The van der Waals surface area contributed by atoms with Crippen molar-refractivity contribution in [2.24, 2.45) is 5.92 Å². The highest BCUT2D eigenvalue weighted by molar-refractivity contribution is 7.16. The summed E-state index contributed by atoms with van der Waals surface area (Å²) in [5, 5.41) is 22.2. The molecule has 1 atom stereocenters. The molecule has 2 aromatic heterocycles. The summed E-state index contributed by atoms with van der Waals surface area (Å²) in [5.74, 6) is 0.408. The highest BCUT2D eigenvalue weighted by atomic mass is 32.1. The van der Waals surface area contributed by atoms with Gasteiger partial charge >= 0.3 is 6.09 Å². The summed E-state index contributed by atoms with van der Waals surface area (Å²) in [5.41, 5.74) is 1.49. The summed E-state index contributed by atoms with van der Waals surface area (Å²) in [7, 11) is 0. The lowest BCUT2D eigenvalue weighted by Gasteiger charge is -2.35. The summed E-state index contributed by atoms with van der Waals surface area (Å²) >= 11 is 1.40. The van der Waals surface area contributed by atoms with Crippen molar-refractivity contribution in [1.82, 2.24) is 4.90 Å². The molecule has 8 nitrogen and oxygen atoms in total. The number of β-amino-alcohol motifs (C(OH)–C–C–N with tert-alkyl or cyclic N) is 1. The number of nitrogens with zero attached hydrogens (tertiary/aromatic N) is 2. The van der Waals surface area contributed by atoms with E-state index in [4.69, 9.17) is 9.15 Å². The maximum Gasteiger partial charge on any atom is 0.409 e. The number of aliphatic hydroxyl groups excluding tert-OH is 1. The van der Waals surface area contributed by atoms with Crippen LogP contribution in [0.5, 0.6) is 0 Å². The number of anilines is 1. The first-order chi connectivity index (χ1) is 14.5. The van der Waals surface area contributed by atoms with Crippen LogP contribution in [0.15, 0.2) is 28.9 Å². The van der Waals surface area contributed by atoms with Gasteiger partial charge in [0.05, 0.1) is 37.6 Å². The molecule has 0 radical (unpaired) electrons. The topological polar surface area (TPSA) is 116 Å². The fourth-order valence-electron chi connectivity index (χ4n) is 3.59. The normalized spacial score (nSPS) is 18.5. The van der Waals surface area contributed by atoms with Gasteiger partial charge < -0.3 is 24.5 Å². The number of amides is 2. The second kappa shape index (κ2) is 8.73. The molecule has 2 N–H and O–H groups in total. The monoisotopic (exact) mass is 427 g/mol. The minimum Gasteiger partial charge on any atom is -0.465 e. The molecule has 4 rings (SSSR count). The standard InChI is InChI=1S/C21H21N3O5S/c22-9-17-16-5-3-13(12-29-21(27)24-10-14(25)11-24)8-18(16)30-20(17)23-19(26)6-4-15-2-1-7-28-15/h1-2,4,6-7,13-14,25H,3,5,8,10-12H2,(H,23,26). The Labute approximate surface area is 177 Å². The SMILES string of the molecule is N#Cc1c(NC(=O)C=Cc2ccco2)sc2c1CCC(COC(=O)N1CC(O)C1)C2. The second-order valence-electron chi connectivity index (χ2n) is 7.40. The largest absolute Gasteiger partial charge is 0.465 e. The van der Waals surface area contributed by atoms with Gasteiger partial charge in [-0.25, -0.2) is 4.79 Å². The number of furan rings is 1. The minimum absolute atomic E-state index is 0.167. The van der Waals surface area contributed by atoms with Crippen LogP contribution in [-0.4, -0.2) is 47.8 Å². The number of carbonyl (C=O) groups excluding carboxylic acids is 2. The molecule has 2 aliphatic rings. The number of fused-ring (bicyclic) bond motifs is 1. The highest BCUT2D eigenvalue weighted by Crippen LogP contribution is 2.39. The number of thiophene rings is 1. The van der Waals surface area contributed by atoms with E-state index in [-0.39, 0.29) is 11.8 Å². The number of aliphatic hydroxyl groups is 1. The molecular formula is C21H21N3O5S. The molecule has 0 spiro atoms. The van der Waals surface area contributed by atoms with Crippen LogP contribution in [0.2, 0.25) is 0 Å². The van der Waals surface area contributed by atoms with Crippen LogP contribution in [0.4, 0.5) is 9.80 Å². The molecule has 1 fully saturated rings. The van der Waals surface area contributed by atoms with E-state index in [0.29, 0.717) is 48.9 Å². The van der Waals surface area contributed by atoms with E-state index in [9.17, 15) is 20.0 Å². The minimum atomic E-state index is -0.451. The molecule has 156 valence electrons. The van der Waals surface area contributed by atoms with Crippen LogP contribution in [0, 0.1) is 17.2 Å². The first-order valence-corrected chi connectivity index (χ1v) is 10.5. The fourth-order valence-corrected chi connectivity index (χ4v) is 4.90. The van der Waals surface area contributed by atoms with Gasteiger partial charge in [0.1, 0.15) is 16.8 Å². The predicted molar refractivity (Wildman–Crippen MR) is 110 cm³/mol. The molecular weight excluding hydrogens is 406 g/mol. The van der Waals surface area contributed by atoms with E-state index in [2.05, 4.69) is 11.4 Å². The van der Waals surface area contributed by atoms with Gasteiger partial charge in [-0.1, -0.05) is 0 Å². The number of likely N-dealkylation sites (tertiary alicyclic amines) is 1. The zero-order valence-corrected chi connectivity index (χ0v) is 17.0. The van der Waals surface area contributed by atoms with Gasteiger partial charge in [0.25, 0.3) is 0 Å². The van der Waals surface area contributed by atoms with Gasteiger partial charge in [0, 0.05) is 11.0 Å². The molecule has 1 aliphatic carbocycles. The summed E-state index contributed by atoms with van der Waals surface area (Å²) in [6, 6.07) is 5.69. The Morgan fingerprint density at radius 2 is 2.30 bits per heavy atom. The number of nitrogens with one attached hydrogen (secondary N) is 1. The van der Waals surface area contributed by atoms with Crippen molar-refractivity contribution in [2.75, 3.05) is 25.0 Å². The first-order valence-electron chi connectivity index (χ1n) is 9.70. The third kappa shape index (κ3) is 4.40. The smallest absolute Gasteiger partial charge is 0.409 e. The molecule has 3 heterocycles. The molecule has 2 aromatic rings. The Morgan fingerprint density at radius 3 is 3.00 bits per heavy atom. The third-order valence-electron chi connectivity index (χ3n) is 5.22. The molecule has 0 bridgehead atoms. The zero-order valence-electron chi connectivity index (χ0n) is 16.2. The maximum atomic E-state index is 12.2. The summed E-state index contributed by atoms with van der Waals surface area (Å²) in [6.07, 6.45) is 5.82. The molecule has 1 unspecified atom stereocenters. The maximum absolute atomic E-state index is 12.2. The number of ether oxygens (including phenoxy) is 1. The number of rotatable bonds is 5. The summed E-state index contributed by atoms with van der Waals surface area (Å²) in [6.45, 7) is 0.946. The lowest BCUT2D eigenvalue weighted by atomic mass is 9.88. The zero-order chi connectivity index (χ0) is 21.1. The van der Waals surface area contributed by atoms with E-state index >= 15 is 0 Å². The van der Waals surface area contributed by atoms with Crippen LogP contribution >= 0.6 is 11.3 Å². The molecule has 30 heavy (non-hydrogen) atoms. The van der Waals surface area contributed by atoms with E-state index in [1.807, 2.05) is 0 Å². The van der Waals surface area contributed by atoms with Crippen molar-refractivity contribution >= 4 is 34.4 Å². The van der Waals surface area contributed by atoms with Gasteiger partial charge in [-0.2, -0.15) is 5.26 Å². The van der Waals surface area contributed by atoms with Gasteiger partial charge in [-0.05, 0) is 49.0 Å². The number of hydrogen-bond donors (Lipinski definition) is 2. The van der Waals surface area contributed by atoms with Gasteiger partial charge in [0.2, 0.25) is 5.91 Å². The van der Waals surface area contributed by atoms with E-state index in [1.54, 1.807) is 18.2 Å². The van der Waals surface area contributed by atoms with E-state index < -0.39 is 12.2 Å². The quantitative estimate of drug-likeness (QED) is 0.709. The van der Waals surface area contributed by atoms with Crippen molar-refractivity contribution in [3.05, 3.63) is 46.2 Å². The molecule has 0 saturated carbocycles. The number of hydrogen-bond acceptors (Lipinski definition) is 7. The van der Waals surface area contributed by atoms with Crippen molar-refractivity contribution < 1.29 is 23.8 Å².